The first kappa shape index (κ1) is 21.4. The zero-order valence-electron chi connectivity index (χ0n) is 18.7. The Morgan fingerprint density at radius 3 is 2.35 bits per heavy atom. The van der Waals surface area contributed by atoms with Gasteiger partial charge in [0.2, 0.25) is 0 Å². The molecule has 0 aliphatic carbocycles. The summed E-state index contributed by atoms with van der Waals surface area (Å²) in [7, 11) is 0. The van der Waals surface area contributed by atoms with Gasteiger partial charge in [0.15, 0.2) is 5.76 Å². The Balaban J connectivity index is 1.23. The number of aromatic nitrogens is 5. The minimum absolute atomic E-state index is 0.480. The van der Waals surface area contributed by atoms with Crippen molar-refractivity contribution in [1.82, 2.24) is 24.5 Å². The van der Waals surface area contributed by atoms with Gasteiger partial charge in [0, 0.05) is 47.5 Å². The lowest BCUT2D eigenvalue weighted by Crippen LogP contribution is -2.07. The van der Waals surface area contributed by atoms with Crippen LogP contribution in [-0.4, -0.2) is 29.6 Å². The first-order valence-corrected chi connectivity index (χ1v) is 11.0. The Morgan fingerprint density at radius 2 is 1.68 bits per heavy atom. The molecule has 7 heteroatoms. The number of benzene rings is 2. The fourth-order valence-corrected chi connectivity index (χ4v) is 3.66. The molecule has 3 heterocycles. The van der Waals surface area contributed by atoms with Crippen molar-refractivity contribution in [2.75, 3.05) is 0 Å². The van der Waals surface area contributed by atoms with Crippen LogP contribution in [0.1, 0.15) is 41.2 Å². The van der Waals surface area contributed by atoms with Crippen LogP contribution in [0.25, 0.3) is 11.3 Å². The van der Waals surface area contributed by atoms with Crippen molar-refractivity contribution in [3.63, 3.8) is 0 Å². The highest BCUT2D eigenvalue weighted by atomic mass is 16.5. The number of aliphatic hydroxyl groups is 1. The minimum Gasteiger partial charge on any atom is -0.385 e. The molecule has 0 unspecified atom stereocenters. The molecule has 5 rings (SSSR count). The van der Waals surface area contributed by atoms with Crippen molar-refractivity contribution >= 4 is 0 Å². The zero-order valence-corrected chi connectivity index (χ0v) is 18.7. The first-order chi connectivity index (χ1) is 16.6. The van der Waals surface area contributed by atoms with Crippen LogP contribution >= 0.6 is 0 Å². The van der Waals surface area contributed by atoms with Crippen molar-refractivity contribution in [2.24, 2.45) is 0 Å². The third-order valence-electron chi connectivity index (χ3n) is 5.39. The fraction of sp³-hybridized carbons (Fsp3) is 0.148. The predicted molar refractivity (Wildman–Crippen MR) is 128 cm³/mol. The van der Waals surface area contributed by atoms with Gasteiger partial charge in [0.1, 0.15) is 17.6 Å². The van der Waals surface area contributed by atoms with E-state index in [2.05, 4.69) is 39.2 Å². The molecule has 0 radical (unpaired) electrons. The van der Waals surface area contributed by atoms with Crippen molar-refractivity contribution < 1.29 is 9.63 Å². The molecular formula is C27H23N5O2. The summed E-state index contributed by atoms with van der Waals surface area (Å²) < 4.78 is 9.28. The van der Waals surface area contributed by atoms with Gasteiger partial charge in [-0.3, -0.25) is 4.68 Å². The van der Waals surface area contributed by atoms with E-state index in [0.29, 0.717) is 18.1 Å². The standard InChI is InChI=1S/C27H23N5O2/c1-20(33)27-28-14-16-31(27)19-25-17-26(34-30-25)24-11-9-22(10-12-24)4-3-21-5-7-23(8-6-21)18-32-15-2-13-29-32/h2,5-17,20,33H,18-19H2,1H3/t20-/m0/s1. The van der Waals surface area contributed by atoms with Crippen LogP contribution in [0, 0.1) is 11.8 Å². The molecule has 3 aromatic heterocycles. The lowest BCUT2D eigenvalue weighted by atomic mass is 10.1. The van der Waals surface area contributed by atoms with Gasteiger partial charge in [-0.15, -0.1) is 0 Å². The van der Waals surface area contributed by atoms with Gasteiger partial charge in [0.05, 0.1) is 13.1 Å². The molecule has 168 valence electrons. The van der Waals surface area contributed by atoms with Crippen molar-refractivity contribution in [1.29, 1.82) is 0 Å². The monoisotopic (exact) mass is 449 g/mol. The summed E-state index contributed by atoms with van der Waals surface area (Å²) in [5.41, 5.74) is 4.75. The second kappa shape index (κ2) is 9.61. The summed E-state index contributed by atoms with van der Waals surface area (Å²) in [5.74, 6) is 7.70. The number of nitrogens with zero attached hydrogens (tertiary/aromatic N) is 5. The summed E-state index contributed by atoms with van der Waals surface area (Å²) in [4.78, 5) is 4.18. The highest BCUT2D eigenvalue weighted by molar-refractivity contribution is 5.59. The van der Waals surface area contributed by atoms with Crippen molar-refractivity contribution in [2.45, 2.75) is 26.1 Å². The van der Waals surface area contributed by atoms with E-state index in [-0.39, 0.29) is 0 Å². The Morgan fingerprint density at radius 1 is 0.941 bits per heavy atom. The average molecular weight is 450 g/mol. The number of imidazole rings is 1. The van der Waals surface area contributed by atoms with Crippen molar-refractivity contribution in [3.8, 4) is 23.2 Å². The topological polar surface area (TPSA) is 81.9 Å². The molecule has 0 aliphatic heterocycles. The first-order valence-electron chi connectivity index (χ1n) is 11.0. The van der Waals surface area contributed by atoms with Crippen LogP contribution in [-0.2, 0) is 13.1 Å². The van der Waals surface area contributed by atoms with Gasteiger partial charge < -0.3 is 14.2 Å². The van der Waals surface area contributed by atoms with Gasteiger partial charge in [-0.1, -0.05) is 29.1 Å². The number of hydrogen-bond donors (Lipinski definition) is 1. The highest BCUT2D eigenvalue weighted by Gasteiger charge is 2.12. The Labute approximate surface area is 197 Å². The van der Waals surface area contributed by atoms with Crippen LogP contribution in [0.2, 0.25) is 0 Å². The largest absolute Gasteiger partial charge is 0.385 e. The summed E-state index contributed by atoms with van der Waals surface area (Å²) in [6, 6.07) is 19.9. The SMILES string of the molecule is C[C@H](O)c1nccn1Cc1cc(-c2ccc(C#Cc3ccc(Cn4cccn4)cc3)cc2)on1. The molecule has 1 N–H and O–H groups in total. The van der Waals surface area contributed by atoms with Crippen LogP contribution < -0.4 is 0 Å². The van der Waals surface area contributed by atoms with Gasteiger partial charge in [-0.05, 0) is 55.0 Å². The lowest BCUT2D eigenvalue weighted by molar-refractivity contribution is 0.184. The summed E-state index contributed by atoms with van der Waals surface area (Å²) in [5, 5.41) is 18.2. The fourth-order valence-electron chi connectivity index (χ4n) is 3.66. The lowest BCUT2D eigenvalue weighted by Gasteiger charge is -2.07. The molecule has 5 aromatic rings. The second-order valence-electron chi connectivity index (χ2n) is 8.00. The van der Waals surface area contributed by atoms with Gasteiger partial charge >= 0.3 is 0 Å². The molecule has 0 amide bonds. The molecule has 0 bridgehead atoms. The predicted octanol–water partition coefficient (Wildman–Crippen LogP) is 4.28. The van der Waals surface area contributed by atoms with Crippen LogP contribution in [0.5, 0.6) is 0 Å². The normalized spacial score (nSPS) is 11.7. The Kier molecular flexibility index (Phi) is 6.06. The summed E-state index contributed by atoms with van der Waals surface area (Å²) >= 11 is 0. The van der Waals surface area contributed by atoms with Gasteiger partial charge in [-0.25, -0.2) is 4.98 Å². The Hall–Kier alpha value is -4.41. The maximum atomic E-state index is 9.81. The molecule has 0 saturated heterocycles. The van der Waals surface area contributed by atoms with E-state index in [1.807, 2.05) is 70.2 Å². The quantitative estimate of drug-likeness (QED) is 0.391. The summed E-state index contributed by atoms with van der Waals surface area (Å²) in [6.07, 6.45) is 6.57. The molecule has 7 nitrogen and oxygen atoms in total. The maximum absolute atomic E-state index is 9.81. The minimum atomic E-state index is -0.643. The number of hydrogen-bond acceptors (Lipinski definition) is 5. The average Bonchev–Trinajstić information content (AvgIpc) is 3.62. The maximum Gasteiger partial charge on any atom is 0.167 e. The molecular weight excluding hydrogens is 426 g/mol. The molecule has 2 aromatic carbocycles. The molecule has 34 heavy (non-hydrogen) atoms. The number of rotatable bonds is 6. The van der Waals surface area contributed by atoms with Gasteiger partial charge in [-0.2, -0.15) is 5.10 Å². The van der Waals surface area contributed by atoms with Crippen LogP contribution in [0.15, 0.2) is 90.0 Å². The van der Waals surface area contributed by atoms with Crippen LogP contribution in [0.3, 0.4) is 0 Å². The van der Waals surface area contributed by atoms with Crippen LogP contribution in [0.4, 0.5) is 0 Å². The van der Waals surface area contributed by atoms with E-state index in [4.69, 9.17) is 4.52 Å². The third kappa shape index (κ3) is 4.98. The van der Waals surface area contributed by atoms with E-state index in [1.54, 1.807) is 19.3 Å². The van der Waals surface area contributed by atoms with E-state index in [1.165, 1.54) is 5.56 Å². The second-order valence-corrected chi connectivity index (χ2v) is 8.00. The third-order valence-corrected chi connectivity index (χ3v) is 5.39. The summed E-state index contributed by atoms with van der Waals surface area (Å²) in [6.45, 7) is 2.92. The zero-order chi connectivity index (χ0) is 23.3. The molecule has 0 spiro atoms. The van der Waals surface area contributed by atoms with E-state index in [9.17, 15) is 5.11 Å². The van der Waals surface area contributed by atoms with E-state index in [0.717, 1.165) is 28.9 Å². The molecule has 0 aliphatic rings. The molecule has 1 atom stereocenters. The highest BCUT2D eigenvalue weighted by Crippen LogP contribution is 2.22. The van der Waals surface area contributed by atoms with Gasteiger partial charge in [0.25, 0.3) is 0 Å². The number of aliphatic hydroxyl groups excluding tert-OH is 1. The smallest absolute Gasteiger partial charge is 0.167 e. The van der Waals surface area contributed by atoms with Crippen molar-refractivity contribution in [3.05, 3.63) is 114 Å². The van der Waals surface area contributed by atoms with E-state index >= 15 is 0 Å². The molecule has 0 fully saturated rings. The molecule has 0 saturated carbocycles. The Bertz CT molecular complexity index is 1420. The van der Waals surface area contributed by atoms with E-state index < -0.39 is 6.10 Å².